The highest BCUT2D eigenvalue weighted by molar-refractivity contribution is 5.56. The van der Waals surface area contributed by atoms with E-state index < -0.39 is 6.16 Å². The predicted molar refractivity (Wildman–Crippen MR) is 107 cm³/mol. The Labute approximate surface area is 161 Å². The summed E-state index contributed by atoms with van der Waals surface area (Å²) in [5, 5.41) is 8.26. The van der Waals surface area contributed by atoms with Crippen molar-refractivity contribution in [1.29, 1.82) is 0 Å². The smallest absolute Gasteiger partial charge is 0.450 e. The van der Waals surface area contributed by atoms with Gasteiger partial charge in [0.05, 0.1) is 19.8 Å². The maximum Gasteiger partial charge on any atom is 0.505 e. The molecule has 0 aliphatic rings. The van der Waals surface area contributed by atoms with Crippen LogP contribution in [-0.2, 0) is 14.5 Å². The lowest BCUT2D eigenvalue weighted by molar-refractivity contribution is -0.295. The highest BCUT2D eigenvalue weighted by atomic mass is 17.2. The zero-order valence-corrected chi connectivity index (χ0v) is 17.8. The van der Waals surface area contributed by atoms with Gasteiger partial charge in [0.25, 0.3) is 0 Å². The highest BCUT2D eigenvalue weighted by Gasteiger charge is 2.08. The quantitative estimate of drug-likeness (QED) is 0.128. The minimum absolute atomic E-state index is 0.353. The SMILES string of the molecule is CCCCC(CC)COC(=O)O.CCCCCCOOCCCCCC. The Morgan fingerprint density at radius 3 is 1.65 bits per heavy atom. The van der Waals surface area contributed by atoms with Crippen LogP contribution in [0, 0.1) is 5.92 Å². The third-order valence-corrected chi connectivity index (χ3v) is 4.23. The minimum atomic E-state index is -1.16. The monoisotopic (exact) mass is 376 g/mol. The van der Waals surface area contributed by atoms with Gasteiger partial charge in [-0.25, -0.2) is 14.6 Å². The van der Waals surface area contributed by atoms with Crippen molar-refractivity contribution in [2.24, 2.45) is 5.92 Å². The van der Waals surface area contributed by atoms with Gasteiger partial charge in [-0.15, -0.1) is 0 Å². The molecule has 0 aliphatic carbocycles. The summed E-state index contributed by atoms with van der Waals surface area (Å²) < 4.78 is 4.51. The van der Waals surface area contributed by atoms with Gasteiger partial charge in [0.2, 0.25) is 0 Å². The van der Waals surface area contributed by atoms with E-state index in [9.17, 15) is 4.79 Å². The maximum absolute atomic E-state index is 10.1. The number of carbonyl (C=O) groups is 1. The van der Waals surface area contributed by atoms with Gasteiger partial charge in [0.15, 0.2) is 0 Å². The second kappa shape index (κ2) is 24.2. The molecule has 1 N–H and O–H groups in total. The lowest BCUT2D eigenvalue weighted by Gasteiger charge is -2.12. The topological polar surface area (TPSA) is 65.0 Å². The van der Waals surface area contributed by atoms with Gasteiger partial charge in [-0.1, -0.05) is 85.5 Å². The average molecular weight is 377 g/mol. The van der Waals surface area contributed by atoms with Crippen molar-refractivity contribution in [3.63, 3.8) is 0 Å². The lowest BCUT2D eigenvalue weighted by atomic mass is 10.0. The first-order valence-electron chi connectivity index (χ1n) is 10.7. The number of ether oxygens (including phenoxy) is 1. The molecule has 1 atom stereocenters. The van der Waals surface area contributed by atoms with Gasteiger partial charge in [-0.3, -0.25) is 0 Å². The Hall–Kier alpha value is -0.810. The lowest BCUT2D eigenvalue weighted by Crippen LogP contribution is -2.11. The highest BCUT2D eigenvalue weighted by Crippen LogP contribution is 2.12. The van der Waals surface area contributed by atoms with Crippen LogP contribution in [0.4, 0.5) is 4.79 Å². The van der Waals surface area contributed by atoms with E-state index in [0.717, 1.165) is 51.7 Å². The van der Waals surface area contributed by atoms with Crippen molar-refractivity contribution in [2.75, 3.05) is 19.8 Å². The van der Waals surface area contributed by atoms with E-state index in [1.54, 1.807) is 0 Å². The third-order valence-electron chi connectivity index (χ3n) is 4.23. The maximum atomic E-state index is 10.1. The Bertz CT molecular complexity index is 259. The Kier molecular flexibility index (Phi) is 25.5. The van der Waals surface area contributed by atoms with Crippen molar-refractivity contribution in [3.05, 3.63) is 0 Å². The zero-order valence-electron chi connectivity index (χ0n) is 17.8. The van der Waals surface area contributed by atoms with Gasteiger partial charge < -0.3 is 9.84 Å². The summed E-state index contributed by atoms with van der Waals surface area (Å²) >= 11 is 0. The minimum Gasteiger partial charge on any atom is -0.450 e. The summed E-state index contributed by atoms with van der Waals surface area (Å²) in [7, 11) is 0. The number of unbranched alkanes of at least 4 members (excludes halogenated alkanes) is 7. The molecule has 0 aromatic rings. The molecule has 0 heterocycles. The molecule has 0 rings (SSSR count). The van der Waals surface area contributed by atoms with Gasteiger partial charge in [-0.2, -0.15) is 0 Å². The second-order valence-corrected chi connectivity index (χ2v) is 6.76. The van der Waals surface area contributed by atoms with Crippen LogP contribution in [0.25, 0.3) is 0 Å². The molecule has 0 fully saturated rings. The molecule has 0 bridgehead atoms. The van der Waals surface area contributed by atoms with Crippen molar-refractivity contribution in [1.82, 2.24) is 0 Å². The summed E-state index contributed by atoms with van der Waals surface area (Å²) in [6, 6.07) is 0. The van der Waals surface area contributed by atoms with Gasteiger partial charge in [0.1, 0.15) is 0 Å². The van der Waals surface area contributed by atoms with E-state index in [1.807, 2.05) is 0 Å². The standard InChI is InChI=1S/C12H26O2.C9H18O3/c1-3-5-7-9-11-13-14-12-10-8-6-4-2;1-3-5-6-8(4-2)7-12-9(10)11/h3-12H2,1-2H3;8H,3-7H2,1-2H3,(H,10,11). The van der Waals surface area contributed by atoms with Crippen LogP contribution in [0.3, 0.4) is 0 Å². The van der Waals surface area contributed by atoms with E-state index in [4.69, 9.17) is 14.9 Å². The van der Waals surface area contributed by atoms with E-state index in [1.165, 1.54) is 38.5 Å². The van der Waals surface area contributed by atoms with Crippen molar-refractivity contribution >= 4 is 6.16 Å². The van der Waals surface area contributed by atoms with Crippen LogP contribution in [-0.4, -0.2) is 31.1 Å². The van der Waals surface area contributed by atoms with E-state index in [0.29, 0.717) is 12.5 Å². The normalized spacial score (nSPS) is 11.5. The summed E-state index contributed by atoms with van der Waals surface area (Å²) in [5.74, 6) is 0.404. The van der Waals surface area contributed by atoms with Crippen LogP contribution in [0.5, 0.6) is 0 Å². The van der Waals surface area contributed by atoms with Crippen LogP contribution in [0.1, 0.15) is 105 Å². The molecular formula is C21H44O5. The first-order valence-corrected chi connectivity index (χ1v) is 10.7. The second-order valence-electron chi connectivity index (χ2n) is 6.76. The molecule has 0 radical (unpaired) electrons. The number of rotatable bonds is 17. The predicted octanol–water partition coefficient (Wildman–Crippen LogP) is 6.99. The molecule has 5 nitrogen and oxygen atoms in total. The molecule has 0 aromatic heterocycles. The first-order chi connectivity index (χ1) is 12.6. The van der Waals surface area contributed by atoms with Crippen LogP contribution in [0.2, 0.25) is 0 Å². The van der Waals surface area contributed by atoms with Crippen LogP contribution >= 0.6 is 0 Å². The van der Waals surface area contributed by atoms with E-state index >= 15 is 0 Å². The fraction of sp³-hybridized carbons (Fsp3) is 0.952. The summed E-state index contributed by atoms with van der Waals surface area (Å²) in [4.78, 5) is 20.2. The zero-order chi connectivity index (χ0) is 19.9. The number of hydrogen-bond donors (Lipinski definition) is 1. The van der Waals surface area contributed by atoms with Crippen molar-refractivity contribution in [2.45, 2.75) is 105 Å². The molecule has 0 aromatic carbocycles. The summed E-state index contributed by atoms with van der Waals surface area (Å²) in [6.07, 6.45) is 13.1. The first kappa shape index (κ1) is 27.4. The third kappa shape index (κ3) is 25.4. The fourth-order valence-corrected chi connectivity index (χ4v) is 2.38. The van der Waals surface area contributed by atoms with Crippen LogP contribution in [0.15, 0.2) is 0 Å². The number of carboxylic acid groups (broad SMARTS) is 1. The van der Waals surface area contributed by atoms with Crippen molar-refractivity contribution < 1.29 is 24.4 Å². The number of hydrogen-bond acceptors (Lipinski definition) is 4. The van der Waals surface area contributed by atoms with Crippen molar-refractivity contribution in [3.8, 4) is 0 Å². The molecule has 5 heteroatoms. The van der Waals surface area contributed by atoms with E-state index in [2.05, 4.69) is 32.4 Å². The molecule has 0 saturated heterocycles. The van der Waals surface area contributed by atoms with Gasteiger partial charge in [0, 0.05) is 0 Å². The Morgan fingerprint density at radius 1 is 0.769 bits per heavy atom. The molecule has 158 valence electrons. The average Bonchev–Trinajstić information content (AvgIpc) is 2.64. The molecule has 26 heavy (non-hydrogen) atoms. The molecular weight excluding hydrogens is 332 g/mol. The molecule has 1 unspecified atom stereocenters. The fourth-order valence-electron chi connectivity index (χ4n) is 2.38. The van der Waals surface area contributed by atoms with Gasteiger partial charge >= 0.3 is 6.16 Å². The summed E-state index contributed by atoms with van der Waals surface area (Å²) in [6.45, 7) is 10.5. The van der Waals surface area contributed by atoms with Crippen LogP contribution < -0.4 is 0 Å². The molecule has 0 saturated carbocycles. The van der Waals surface area contributed by atoms with E-state index in [-0.39, 0.29) is 0 Å². The Balaban J connectivity index is 0. The molecule has 0 spiro atoms. The van der Waals surface area contributed by atoms with Gasteiger partial charge in [-0.05, 0) is 25.2 Å². The molecule has 0 amide bonds. The molecule has 0 aliphatic heterocycles. The summed E-state index contributed by atoms with van der Waals surface area (Å²) in [5.41, 5.74) is 0. The Morgan fingerprint density at radius 2 is 1.27 bits per heavy atom. The largest absolute Gasteiger partial charge is 0.505 e.